The highest BCUT2D eigenvalue weighted by Crippen LogP contribution is 2.26. The van der Waals surface area contributed by atoms with Gasteiger partial charge in [-0.3, -0.25) is 4.79 Å². The van der Waals surface area contributed by atoms with Crippen molar-refractivity contribution in [3.63, 3.8) is 0 Å². The van der Waals surface area contributed by atoms with Crippen molar-refractivity contribution in [1.82, 2.24) is 0 Å². The van der Waals surface area contributed by atoms with E-state index in [-0.39, 0.29) is 28.3 Å². The number of nitrogen functional groups attached to an aromatic ring is 1. The molecule has 0 atom stereocenters. The van der Waals surface area contributed by atoms with Gasteiger partial charge >= 0.3 is 0 Å². The molecule has 0 heterocycles. The van der Waals surface area contributed by atoms with Gasteiger partial charge in [-0.25, -0.2) is 4.39 Å². The molecule has 0 spiro atoms. The lowest BCUT2D eigenvalue weighted by Gasteiger charge is -2.07. The van der Waals surface area contributed by atoms with Crippen LogP contribution in [0.25, 0.3) is 0 Å². The van der Waals surface area contributed by atoms with Crippen LogP contribution < -0.4 is 10.5 Å². The van der Waals surface area contributed by atoms with Crippen LogP contribution in [0.4, 0.5) is 10.1 Å². The number of hydrogen-bond acceptors (Lipinski definition) is 3. The Morgan fingerprint density at radius 2 is 2.05 bits per heavy atom. The molecule has 0 saturated heterocycles. The SMILES string of the molecule is COc1ccc(C(=O)c2cccc(Cl)c2N)cc1F. The molecule has 0 aliphatic heterocycles. The van der Waals surface area contributed by atoms with E-state index < -0.39 is 5.82 Å². The quantitative estimate of drug-likeness (QED) is 0.693. The first-order valence-corrected chi connectivity index (χ1v) is 5.84. The second-order valence-electron chi connectivity index (χ2n) is 3.88. The van der Waals surface area contributed by atoms with E-state index in [0.29, 0.717) is 5.02 Å². The molecule has 0 saturated carbocycles. The molecule has 98 valence electrons. The van der Waals surface area contributed by atoms with Gasteiger partial charge in [-0.1, -0.05) is 17.7 Å². The van der Waals surface area contributed by atoms with Gasteiger partial charge in [0.05, 0.1) is 17.8 Å². The molecule has 0 fully saturated rings. The summed E-state index contributed by atoms with van der Waals surface area (Å²) in [5, 5.41) is 0.292. The van der Waals surface area contributed by atoms with Crippen molar-refractivity contribution in [3.8, 4) is 5.75 Å². The Hall–Kier alpha value is -2.07. The maximum atomic E-state index is 13.6. The zero-order valence-corrected chi connectivity index (χ0v) is 10.9. The predicted molar refractivity (Wildman–Crippen MR) is 72.2 cm³/mol. The highest BCUT2D eigenvalue weighted by atomic mass is 35.5. The van der Waals surface area contributed by atoms with Crippen LogP contribution in [0.1, 0.15) is 15.9 Å². The van der Waals surface area contributed by atoms with Crippen molar-refractivity contribution in [2.24, 2.45) is 0 Å². The number of benzene rings is 2. The monoisotopic (exact) mass is 279 g/mol. The van der Waals surface area contributed by atoms with E-state index in [9.17, 15) is 9.18 Å². The summed E-state index contributed by atoms with van der Waals surface area (Å²) in [5.74, 6) is -0.911. The molecule has 0 aromatic heterocycles. The third-order valence-corrected chi connectivity index (χ3v) is 3.04. The zero-order chi connectivity index (χ0) is 14.0. The first-order chi connectivity index (χ1) is 9.04. The molecule has 0 aliphatic carbocycles. The van der Waals surface area contributed by atoms with E-state index in [0.717, 1.165) is 6.07 Å². The average Bonchev–Trinajstić information content (AvgIpc) is 2.41. The molecule has 0 radical (unpaired) electrons. The molecule has 3 nitrogen and oxygen atoms in total. The smallest absolute Gasteiger partial charge is 0.195 e. The Labute approximate surface area is 114 Å². The standard InChI is InChI=1S/C14H11ClFNO2/c1-19-12-6-5-8(7-11(12)16)14(18)9-3-2-4-10(15)13(9)17/h2-7H,17H2,1H3. The number of carbonyl (C=O) groups excluding carboxylic acids is 1. The number of methoxy groups -OCH3 is 1. The van der Waals surface area contributed by atoms with E-state index >= 15 is 0 Å². The molecule has 0 bridgehead atoms. The molecule has 0 amide bonds. The molecule has 2 aromatic carbocycles. The predicted octanol–water partition coefficient (Wildman–Crippen LogP) is 3.30. The fourth-order valence-corrected chi connectivity index (χ4v) is 1.87. The minimum Gasteiger partial charge on any atom is -0.494 e. The fourth-order valence-electron chi connectivity index (χ4n) is 1.70. The van der Waals surface area contributed by atoms with Crippen molar-refractivity contribution in [1.29, 1.82) is 0 Å². The van der Waals surface area contributed by atoms with Crippen LogP contribution in [0, 0.1) is 5.82 Å². The van der Waals surface area contributed by atoms with Gasteiger partial charge in [0.25, 0.3) is 0 Å². The molecule has 5 heteroatoms. The number of halogens is 2. The Bertz CT molecular complexity index is 643. The van der Waals surface area contributed by atoms with Gasteiger partial charge in [0.15, 0.2) is 17.3 Å². The van der Waals surface area contributed by atoms with E-state index in [1.54, 1.807) is 18.2 Å². The minimum atomic E-state index is -0.603. The third kappa shape index (κ3) is 2.53. The number of para-hydroxylation sites is 1. The van der Waals surface area contributed by atoms with Crippen molar-refractivity contribution < 1.29 is 13.9 Å². The van der Waals surface area contributed by atoms with Gasteiger partial charge in [-0.2, -0.15) is 0 Å². The molecule has 0 unspecified atom stereocenters. The maximum absolute atomic E-state index is 13.6. The molecule has 2 aromatic rings. The average molecular weight is 280 g/mol. The van der Waals surface area contributed by atoms with Crippen LogP contribution in [0.15, 0.2) is 36.4 Å². The summed E-state index contributed by atoms with van der Waals surface area (Å²) in [6, 6.07) is 8.73. The van der Waals surface area contributed by atoms with Crippen LogP contribution in [-0.2, 0) is 0 Å². The summed E-state index contributed by atoms with van der Waals surface area (Å²) in [7, 11) is 1.36. The van der Waals surface area contributed by atoms with Gasteiger partial charge < -0.3 is 10.5 Å². The number of hydrogen-bond donors (Lipinski definition) is 1. The van der Waals surface area contributed by atoms with Gasteiger partial charge in [-0.05, 0) is 30.3 Å². The highest BCUT2D eigenvalue weighted by Gasteiger charge is 2.15. The Morgan fingerprint density at radius 3 is 2.68 bits per heavy atom. The van der Waals surface area contributed by atoms with Crippen molar-refractivity contribution in [3.05, 3.63) is 58.4 Å². The number of ether oxygens (including phenoxy) is 1. The summed E-state index contributed by atoms with van der Waals surface area (Å²) in [6.07, 6.45) is 0. The number of carbonyl (C=O) groups is 1. The van der Waals surface area contributed by atoms with Crippen molar-refractivity contribution in [2.75, 3.05) is 12.8 Å². The Balaban J connectivity index is 2.44. The number of nitrogens with two attached hydrogens (primary N) is 1. The van der Waals surface area contributed by atoms with Crippen molar-refractivity contribution in [2.45, 2.75) is 0 Å². The highest BCUT2D eigenvalue weighted by molar-refractivity contribution is 6.34. The molecular formula is C14H11ClFNO2. The van der Waals surface area contributed by atoms with Crippen LogP contribution in [0.3, 0.4) is 0 Å². The van der Waals surface area contributed by atoms with Crippen LogP contribution in [0.5, 0.6) is 5.75 Å². The van der Waals surface area contributed by atoms with E-state index in [1.807, 2.05) is 0 Å². The van der Waals surface area contributed by atoms with Crippen molar-refractivity contribution >= 4 is 23.1 Å². The normalized spacial score (nSPS) is 10.3. The lowest BCUT2D eigenvalue weighted by atomic mass is 10.0. The second kappa shape index (κ2) is 5.28. The number of anilines is 1. The summed E-state index contributed by atoms with van der Waals surface area (Å²) in [4.78, 5) is 12.2. The van der Waals surface area contributed by atoms with Crippen LogP contribution in [0.2, 0.25) is 5.02 Å². The van der Waals surface area contributed by atoms with Gasteiger partial charge in [0, 0.05) is 11.1 Å². The summed E-state index contributed by atoms with van der Waals surface area (Å²) >= 11 is 5.85. The molecule has 0 aliphatic rings. The van der Waals surface area contributed by atoms with Crippen LogP contribution in [-0.4, -0.2) is 12.9 Å². The molecule has 2 rings (SSSR count). The van der Waals surface area contributed by atoms with Gasteiger partial charge in [-0.15, -0.1) is 0 Å². The first kappa shape index (κ1) is 13.4. The number of rotatable bonds is 3. The maximum Gasteiger partial charge on any atom is 0.195 e. The first-order valence-electron chi connectivity index (χ1n) is 5.47. The minimum absolute atomic E-state index is 0.0793. The summed E-state index contributed by atoms with van der Waals surface area (Å²) < 4.78 is 18.4. The van der Waals surface area contributed by atoms with Crippen LogP contribution >= 0.6 is 11.6 Å². The third-order valence-electron chi connectivity index (χ3n) is 2.71. The second-order valence-corrected chi connectivity index (χ2v) is 4.29. The lowest BCUT2D eigenvalue weighted by Crippen LogP contribution is -2.06. The summed E-state index contributed by atoms with van der Waals surface area (Å²) in [5.41, 5.74) is 6.36. The van der Waals surface area contributed by atoms with E-state index in [1.165, 1.54) is 19.2 Å². The van der Waals surface area contributed by atoms with E-state index in [2.05, 4.69) is 0 Å². The van der Waals surface area contributed by atoms with E-state index in [4.69, 9.17) is 22.1 Å². The zero-order valence-electron chi connectivity index (χ0n) is 10.1. The lowest BCUT2D eigenvalue weighted by molar-refractivity contribution is 0.103. The number of ketones is 1. The molecule has 2 N–H and O–H groups in total. The Kier molecular flexibility index (Phi) is 3.71. The fraction of sp³-hybridized carbons (Fsp3) is 0.0714. The molecular weight excluding hydrogens is 269 g/mol. The van der Waals surface area contributed by atoms with Gasteiger partial charge in [0.2, 0.25) is 0 Å². The Morgan fingerprint density at radius 1 is 1.32 bits per heavy atom. The van der Waals surface area contributed by atoms with Gasteiger partial charge in [0.1, 0.15) is 0 Å². The summed E-state index contributed by atoms with van der Waals surface area (Å²) in [6.45, 7) is 0. The molecule has 19 heavy (non-hydrogen) atoms. The largest absolute Gasteiger partial charge is 0.494 e. The topological polar surface area (TPSA) is 52.3 Å².